The van der Waals surface area contributed by atoms with Crippen LogP contribution >= 0.6 is 0 Å². The first-order valence-corrected chi connectivity index (χ1v) is 8.28. The maximum absolute atomic E-state index is 12.2. The fraction of sp³-hybridized carbons (Fsp3) is 0.688. The lowest BCUT2D eigenvalue weighted by atomic mass is 10.1. The molecule has 2 aliphatic rings. The Bertz CT molecular complexity index is 560. The molecule has 2 amide bonds. The van der Waals surface area contributed by atoms with Crippen molar-refractivity contribution in [2.75, 3.05) is 24.5 Å². The maximum atomic E-state index is 12.2. The summed E-state index contributed by atoms with van der Waals surface area (Å²) in [5, 5.41) is 4.40. The molecule has 1 aromatic heterocycles. The molecule has 0 aliphatic carbocycles. The molecule has 6 nitrogen and oxygen atoms in total. The van der Waals surface area contributed by atoms with E-state index < -0.39 is 0 Å². The molecule has 120 valence electrons. The Kier molecular flexibility index (Phi) is 4.45. The van der Waals surface area contributed by atoms with E-state index in [1.54, 1.807) is 4.90 Å². The highest BCUT2D eigenvalue weighted by Gasteiger charge is 2.25. The van der Waals surface area contributed by atoms with Gasteiger partial charge in [-0.05, 0) is 32.6 Å². The summed E-state index contributed by atoms with van der Waals surface area (Å²) >= 11 is 0. The lowest BCUT2D eigenvalue weighted by Gasteiger charge is -2.29. The van der Waals surface area contributed by atoms with Crippen molar-refractivity contribution in [2.24, 2.45) is 0 Å². The zero-order valence-electron chi connectivity index (χ0n) is 13.3. The van der Waals surface area contributed by atoms with Crippen molar-refractivity contribution in [3.63, 3.8) is 0 Å². The molecule has 3 heterocycles. The van der Waals surface area contributed by atoms with Crippen LogP contribution < -0.4 is 4.90 Å². The molecule has 3 rings (SSSR count). The number of nitrogens with zero attached hydrogens (tertiary/aromatic N) is 4. The fourth-order valence-corrected chi connectivity index (χ4v) is 3.31. The molecule has 1 fully saturated rings. The Morgan fingerprint density at radius 1 is 1.23 bits per heavy atom. The number of anilines is 1. The summed E-state index contributed by atoms with van der Waals surface area (Å²) in [6.07, 6.45) is 5.20. The number of hydrogen-bond donors (Lipinski definition) is 0. The number of aryl methyl sites for hydroxylation is 2. The van der Waals surface area contributed by atoms with E-state index in [4.69, 9.17) is 0 Å². The number of aromatic nitrogens is 2. The molecule has 0 saturated carbocycles. The Balaban J connectivity index is 1.54. The monoisotopic (exact) mass is 304 g/mol. The van der Waals surface area contributed by atoms with Gasteiger partial charge in [0.15, 0.2) is 0 Å². The summed E-state index contributed by atoms with van der Waals surface area (Å²) in [5.74, 6) is 1.24. The van der Waals surface area contributed by atoms with Gasteiger partial charge >= 0.3 is 0 Å². The lowest BCUT2D eigenvalue weighted by molar-refractivity contribution is -0.132. The third kappa shape index (κ3) is 3.15. The van der Waals surface area contributed by atoms with Crippen molar-refractivity contribution < 1.29 is 9.59 Å². The highest BCUT2D eigenvalue weighted by atomic mass is 16.2. The van der Waals surface area contributed by atoms with E-state index in [1.165, 1.54) is 6.42 Å². The Labute approximate surface area is 131 Å². The number of fused-ring (bicyclic) bond motifs is 1. The molecule has 0 N–H and O–H groups in total. The van der Waals surface area contributed by atoms with Crippen LogP contribution in [0.15, 0.2) is 6.07 Å². The van der Waals surface area contributed by atoms with Crippen LogP contribution in [-0.4, -0.2) is 46.1 Å². The van der Waals surface area contributed by atoms with Crippen molar-refractivity contribution >= 4 is 17.6 Å². The number of piperidine rings is 1. The number of rotatable bonds is 4. The van der Waals surface area contributed by atoms with Crippen LogP contribution in [0, 0.1) is 6.92 Å². The standard InChI is InChI=1S/C16H24N4O2/c1-13-12-14-19(16(22)7-11-20(14)17-13)10-5-6-15(21)18-8-3-2-4-9-18/h12H,2-11H2,1H3. The number of carbonyl (C=O) groups is 2. The quantitative estimate of drug-likeness (QED) is 0.851. The van der Waals surface area contributed by atoms with Crippen LogP contribution in [0.5, 0.6) is 0 Å². The van der Waals surface area contributed by atoms with Gasteiger partial charge in [-0.15, -0.1) is 0 Å². The molecule has 2 aliphatic heterocycles. The van der Waals surface area contributed by atoms with Gasteiger partial charge in [-0.3, -0.25) is 14.5 Å². The highest BCUT2D eigenvalue weighted by Crippen LogP contribution is 2.23. The molecule has 1 saturated heterocycles. The van der Waals surface area contributed by atoms with Gasteiger partial charge in [0.25, 0.3) is 0 Å². The second kappa shape index (κ2) is 6.50. The van der Waals surface area contributed by atoms with E-state index in [0.29, 0.717) is 32.4 Å². The molecule has 22 heavy (non-hydrogen) atoms. The topological polar surface area (TPSA) is 58.4 Å². The molecule has 6 heteroatoms. The van der Waals surface area contributed by atoms with E-state index in [-0.39, 0.29) is 11.8 Å². The Morgan fingerprint density at radius 2 is 2.00 bits per heavy atom. The summed E-state index contributed by atoms with van der Waals surface area (Å²) in [6, 6.07) is 1.95. The predicted molar refractivity (Wildman–Crippen MR) is 83.6 cm³/mol. The molecule has 0 spiro atoms. The zero-order chi connectivity index (χ0) is 15.5. The normalized spacial score (nSPS) is 18.5. The Hall–Kier alpha value is -1.85. The van der Waals surface area contributed by atoms with E-state index in [0.717, 1.165) is 37.4 Å². The van der Waals surface area contributed by atoms with E-state index in [2.05, 4.69) is 5.10 Å². The van der Waals surface area contributed by atoms with Crippen molar-refractivity contribution in [3.8, 4) is 0 Å². The van der Waals surface area contributed by atoms with Crippen LogP contribution in [0.25, 0.3) is 0 Å². The van der Waals surface area contributed by atoms with Gasteiger partial charge in [-0.25, -0.2) is 4.68 Å². The van der Waals surface area contributed by atoms with E-state index >= 15 is 0 Å². The summed E-state index contributed by atoms with van der Waals surface area (Å²) in [7, 11) is 0. The van der Waals surface area contributed by atoms with Crippen LogP contribution in [0.2, 0.25) is 0 Å². The lowest BCUT2D eigenvalue weighted by Crippen LogP contribution is -2.39. The first-order chi connectivity index (χ1) is 10.6. The molecule has 0 unspecified atom stereocenters. The molecule has 0 atom stereocenters. The second-order valence-electron chi connectivity index (χ2n) is 6.21. The van der Waals surface area contributed by atoms with Gasteiger partial charge in [-0.2, -0.15) is 5.10 Å². The summed E-state index contributed by atoms with van der Waals surface area (Å²) in [6.45, 7) is 4.99. The SMILES string of the molecule is Cc1cc2n(n1)CCC(=O)N2CCCC(=O)N1CCCCC1. The molecule has 0 aromatic carbocycles. The van der Waals surface area contributed by atoms with Gasteiger partial charge in [0, 0.05) is 38.5 Å². The van der Waals surface area contributed by atoms with Gasteiger partial charge in [0.05, 0.1) is 12.2 Å². The number of hydrogen-bond acceptors (Lipinski definition) is 3. The number of carbonyl (C=O) groups excluding carboxylic acids is 2. The van der Waals surface area contributed by atoms with Gasteiger partial charge in [0.1, 0.15) is 5.82 Å². The van der Waals surface area contributed by atoms with Crippen molar-refractivity contribution in [1.29, 1.82) is 0 Å². The van der Waals surface area contributed by atoms with Gasteiger partial charge in [0.2, 0.25) is 11.8 Å². The summed E-state index contributed by atoms with van der Waals surface area (Å²) < 4.78 is 1.89. The summed E-state index contributed by atoms with van der Waals surface area (Å²) in [4.78, 5) is 28.1. The van der Waals surface area contributed by atoms with Crippen molar-refractivity contribution in [1.82, 2.24) is 14.7 Å². The maximum Gasteiger partial charge on any atom is 0.229 e. The Morgan fingerprint density at radius 3 is 2.77 bits per heavy atom. The molecule has 1 aromatic rings. The van der Waals surface area contributed by atoms with Gasteiger partial charge < -0.3 is 4.90 Å². The largest absolute Gasteiger partial charge is 0.343 e. The van der Waals surface area contributed by atoms with Crippen LogP contribution in [0.3, 0.4) is 0 Å². The minimum absolute atomic E-state index is 0.137. The number of likely N-dealkylation sites (tertiary alicyclic amines) is 1. The fourth-order valence-electron chi connectivity index (χ4n) is 3.31. The predicted octanol–water partition coefficient (Wildman–Crippen LogP) is 1.72. The van der Waals surface area contributed by atoms with Gasteiger partial charge in [-0.1, -0.05) is 0 Å². The van der Waals surface area contributed by atoms with Crippen LogP contribution in [0.4, 0.5) is 5.82 Å². The highest BCUT2D eigenvalue weighted by molar-refractivity contribution is 5.93. The average molecular weight is 304 g/mol. The third-order valence-corrected chi connectivity index (χ3v) is 4.48. The van der Waals surface area contributed by atoms with Crippen LogP contribution in [-0.2, 0) is 16.1 Å². The van der Waals surface area contributed by atoms with E-state index in [9.17, 15) is 9.59 Å². The summed E-state index contributed by atoms with van der Waals surface area (Å²) in [5.41, 5.74) is 0.930. The molecular formula is C16H24N4O2. The zero-order valence-corrected chi connectivity index (χ0v) is 13.3. The third-order valence-electron chi connectivity index (χ3n) is 4.48. The minimum atomic E-state index is 0.137. The molecule has 0 bridgehead atoms. The molecule has 0 radical (unpaired) electrons. The van der Waals surface area contributed by atoms with E-state index in [1.807, 2.05) is 22.6 Å². The van der Waals surface area contributed by atoms with Crippen LogP contribution in [0.1, 0.15) is 44.2 Å². The number of amides is 2. The first-order valence-electron chi connectivity index (χ1n) is 8.28. The van der Waals surface area contributed by atoms with Crippen molar-refractivity contribution in [2.45, 2.75) is 52.0 Å². The first kappa shape index (κ1) is 15.1. The second-order valence-corrected chi connectivity index (χ2v) is 6.21. The van der Waals surface area contributed by atoms with Crippen molar-refractivity contribution in [3.05, 3.63) is 11.8 Å². The smallest absolute Gasteiger partial charge is 0.229 e. The minimum Gasteiger partial charge on any atom is -0.343 e. The average Bonchev–Trinajstić information content (AvgIpc) is 2.91. The molecular weight excluding hydrogens is 280 g/mol.